The SMILES string of the molecule is CN(C)CCN(C)S(=O)(=O)c1ccc(C(=O)O)cc1Br. The molecule has 112 valence electrons. The van der Waals surface area contributed by atoms with Crippen LogP contribution in [0, 0.1) is 0 Å². The standard InChI is InChI=1S/C12H17BrN2O4S/c1-14(2)6-7-15(3)20(18,19)11-5-4-9(12(16)17)8-10(11)13/h4-5,8H,6-7H2,1-3H3,(H,16,17). The molecule has 0 aliphatic carbocycles. The minimum Gasteiger partial charge on any atom is -0.478 e. The number of carboxylic acids is 1. The van der Waals surface area contributed by atoms with Crippen molar-refractivity contribution in [3.63, 3.8) is 0 Å². The predicted molar refractivity (Wildman–Crippen MR) is 79.5 cm³/mol. The zero-order valence-electron chi connectivity index (χ0n) is 11.5. The van der Waals surface area contributed by atoms with Crippen LogP contribution in [0.15, 0.2) is 27.6 Å². The van der Waals surface area contributed by atoms with Gasteiger partial charge in [0.2, 0.25) is 10.0 Å². The van der Waals surface area contributed by atoms with E-state index in [0.29, 0.717) is 13.1 Å². The van der Waals surface area contributed by atoms with Gasteiger partial charge in [0.05, 0.1) is 10.5 Å². The molecule has 1 N–H and O–H groups in total. The topological polar surface area (TPSA) is 77.9 Å². The van der Waals surface area contributed by atoms with Crippen LogP contribution in [0.2, 0.25) is 0 Å². The van der Waals surface area contributed by atoms with Crippen molar-refractivity contribution in [1.82, 2.24) is 9.21 Å². The van der Waals surface area contributed by atoms with Crippen molar-refractivity contribution in [2.75, 3.05) is 34.2 Å². The number of hydrogen-bond donors (Lipinski definition) is 1. The largest absolute Gasteiger partial charge is 0.478 e. The molecule has 0 heterocycles. The molecule has 0 unspecified atom stereocenters. The fourth-order valence-corrected chi connectivity index (χ4v) is 3.67. The lowest BCUT2D eigenvalue weighted by molar-refractivity contribution is 0.0696. The van der Waals surface area contributed by atoms with Crippen molar-refractivity contribution in [3.05, 3.63) is 28.2 Å². The van der Waals surface area contributed by atoms with E-state index >= 15 is 0 Å². The van der Waals surface area contributed by atoms with E-state index in [1.54, 1.807) is 0 Å². The zero-order valence-corrected chi connectivity index (χ0v) is 13.9. The van der Waals surface area contributed by atoms with Gasteiger partial charge in [0, 0.05) is 24.6 Å². The Morgan fingerprint density at radius 3 is 2.30 bits per heavy atom. The average Bonchev–Trinajstić information content (AvgIpc) is 2.35. The Kier molecular flexibility index (Phi) is 5.69. The normalized spacial score (nSPS) is 12.1. The first kappa shape index (κ1) is 17.1. The molecule has 0 spiro atoms. The van der Waals surface area contributed by atoms with Gasteiger partial charge in [0.1, 0.15) is 0 Å². The maximum absolute atomic E-state index is 12.4. The first-order chi connectivity index (χ1) is 9.16. The molecule has 0 atom stereocenters. The lowest BCUT2D eigenvalue weighted by atomic mass is 10.2. The van der Waals surface area contributed by atoms with Crippen LogP contribution < -0.4 is 0 Å². The van der Waals surface area contributed by atoms with E-state index in [0.717, 1.165) is 0 Å². The molecule has 8 heteroatoms. The molecule has 0 bridgehead atoms. The molecule has 0 aliphatic heterocycles. The van der Waals surface area contributed by atoms with E-state index < -0.39 is 16.0 Å². The van der Waals surface area contributed by atoms with Gasteiger partial charge in [-0.05, 0) is 48.2 Å². The molecule has 0 radical (unpaired) electrons. The van der Waals surface area contributed by atoms with Gasteiger partial charge in [0.15, 0.2) is 0 Å². The van der Waals surface area contributed by atoms with Crippen LogP contribution in [0.25, 0.3) is 0 Å². The van der Waals surface area contributed by atoms with Crippen LogP contribution in [0.4, 0.5) is 0 Å². The summed E-state index contributed by atoms with van der Waals surface area (Å²) in [6.45, 7) is 0.947. The third kappa shape index (κ3) is 4.02. The average molecular weight is 365 g/mol. The summed E-state index contributed by atoms with van der Waals surface area (Å²) in [6, 6.07) is 3.86. The Morgan fingerprint density at radius 1 is 1.25 bits per heavy atom. The van der Waals surface area contributed by atoms with Gasteiger partial charge in [-0.25, -0.2) is 13.2 Å². The molecule has 0 aromatic heterocycles. The molecule has 0 saturated carbocycles. The summed E-state index contributed by atoms with van der Waals surface area (Å²) >= 11 is 3.12. The minimum absolute atomic E-state index is 0.0340. The fraction of sp³-hybridized carbons (Fsp3) is 0.417. The van der Waals surface area contributed by atoms with Gasteiger partial charge in [0.25, 0.3) is 0 Å². The molecule has 0 saturated heterocycles. The van der Waals surface area contributed by atoms with E-state index in [-0.39, 0.29) is 14.9 Å². The monoisotopic (exact) mass is 364 g/mol. The molecule has 0 amide bonds. The summed E-state index contributed by atoms with van der Waals surface area (Å²) in [4.78, 5) is 12.8. The molecule has 0 aliphatic rings. The second kappa shape index (κ2) is 6.66. The minimum atomic E-state index is -3.64. The second-order valence-electron chi connectivity index (χ2n) is 4.58. The van der Waals surface area contributed by atoms with Gasteiger partial charge in [-0.1, -0.05) is 0 Å². The number of halogens is 1. The van der Waals surface area contributed by atoms with Crippen LogP contribution in [0.3, 0.4) is 0 Å². The molecule has 1 aromatic carbocycles. The highest BCUT2D eigenvalue weighted by atomic mass is 79.9. The Balaban J connectivity index is 3.06. The second-order valence-corrected chi connectivity index (χ2v) is 7.45. The fourth-order valence-electron chi connectivity index (χ4n) is 1.47. The van der Waals surface area contributed by atoms with E-state index in [2.05, 4.69) is 15.9 Å². The van der Waals surface area contributed by atoms with Crippen LogP contribution in [-0.2, 0) is 10.0 Å². The number of rotatable bonds is 6. The maximum atomic E-state index is 12.4. The summed E-state index contributed by atoms with van der Waals surface area (Å²) in [5, 5.41) is 8.87. The highest BCUT2D eigenvalue weighted by Crippen LogP contribution is 2.25. The lowest BCUT2D eigenvalue weighted by Crippen LogP contribution is -2.33. The van der Waals surface area contributed by atoms with E-state index in [9.17, 15) is 13.2 Å². The van der Waals surface area contributed by atoms with E-state index in [1.807, 2.05) is 19.0 Å². The molecule has 20 heavy (non-hydrogen) atoms. The van der Waals surface area contributed by atoms with Gasteiger partial charge < -0.3 is 10.0 Å². The van der Waals surface area contributed by atoms with Crippen molar-refractivity contribution < 1.29 is 18.3 Å². The van der Waals surface area contributed by atoms with Crippen LogP contribution in [0.5, 0.6) is 0 Å². The summed E-state index contributed by atoms with van der Waals surface area (Å²) in [5.41, 5.74) is 0.0340. The Bertz CT molecular complexity index is 601. The number of sulfonamides is 1. The number of carbonyl (C=O) groups is 1. The highest BCUT2D eigenvalue weighted by Gasteiger charge is 2.23. The summed E-state index contributed by atoms with van der Waals surface area (Å²) < 4.78 is 26.2. The van der Waals surface area contributed by atoms with Gasteiger partial charge in [-0.3, -0.25) is 0 Å². The molecule has 6 nitrogen and oxygen atoms in total. The summed E-state index contributed by atoms with van der Waals surface area (Å²) in [6.07, 6.45) is 0. The lowest BCUT2D eigenvalue weighted by Gasteiger charge is -2.20. The van der Waals surface area contributed by atoms with Gasteiger partial charge in [-0.15, -0.1) is 0 Å². The third-order valence-electron chi connectivity index (χ3n) is 2.73. The molecule has 1 aromatic rings. The quantitative estimate of drug-likeness (QED) is 0.823. The smallest absolute Gasteiger partial charge is 0.335 e. The van der Waals surface area contributed by atoms with E-state index in [4.69, 9.17) is 5.11 Å². The van der Waals surface area contributed by atoms with Crippen LogP contribution in [0.1, 0.15) is 10.4 Å². The van der Waals surface area contributed by atoms with Crippen molar-refractivity contribution in [2.45, 2.75) is 4.90 Å². The van der Waals surface area contributed by atoms with Crippen molar-refractivity contribution in [1.29, 1.82) is 0 Å². The zero-order chi connectivity index (χ0) is 15.5. The first-order valence-electron chi connectivity index (χ1n) is 5.80. The Labute approximate surface area is 127 Å². The number of aromatic carboxylic acids is 1. The number of likely N-dealkylation sites (N-methyl/N-ethyl adjacent to an activating group) is 2. The Morgan fingerprint density at radius 2 is 1.85 bits per heavy atom. The molecular formula is C12H17BrN2O4S. The van der Waals surface area contributed by atoms with Crippen molar-refractivity contribution >= 4 is 31.9 Å². The van der Waals surface area contributed by atoms with Gasteiger partial charge >= 0.3 is 5.97 Å². The first-order valence-corrected chi connectivity index (χ1v) is 8.03. The summed E-state index contributed by atoms with van der Waals surface area (Å²) in [5.74, 6) is -1.10. The van der Waals surface area contributed by atoms with Crippen LogP contribution in [-0.4, -0.2) is 62.9 Å². The maximum Gasteiger partial charge on any atom is 0.335 e. The Hall–Kier alpha value is -0.960. The number of benzene rings is 1. The molecule has 0 fully saturated rings. The van der Waals surface area contributed by atoms with Crippen LogP contribution >= 0.6 is 15.9 Å². The molecule has 1 rings (SSSR count). The number of carboxylic acid groups (broad SMARTS) is 1. The predicted octanol–water partition coefficient (Wildman–Crippen LogP) is 1.33. The highest BCUT2D eigenvalue weighted by molar-refractivity contribution is 9.10. The summed E-state index contributed by atoms with van der Waals surface area (Å²) in [7, 11) is 1.57. The van der Waals surface area contributed by atoms with Gasteiger partial charge in [-0.2, -0.15) is 4.31 Å². The van der Waals surface area contributed by atoms with Crippen molar-refractivity contribution in [2.24, 2.45) is 0 Å². The number of nitrogens with zero attached hydrogens (tertiary/aromatic N) is 2. The number of hydrogen-bond acceptors (Lipinski definition) is 4. The molecular weight excluding hydrogens is 348 g/mol. The third-order valence-corrected chi connectivity index (χ3v) is 5.56. The van der Waals surface area contributed by atoms with E-state index in [1.165, 1.54) is 29.6 Å². The van der Waals surface area contributed by atoms with Crippen molar-refractivity contribution in [3.8, 4) is 0 Å².